The molecule has 8 nitrogen and oxygen atoms in total. The van der Waals surface area contributed by atoms with E-state index in [0.29, 0.717) is 16.3 Å². The Balaban J connectivity index is 1.89. The lowest BCUT2D eigenvalue weighted by molar-refractivity contribution is 0.0377. The third-order valence-corrected chi connectivity index (χ3v) is 7.05. The van der Waals surface area contributed by atoms with Crippen LogP contribution in [0.5, 0.6) is 0 Å². The maximum Gasteiger partial charge on any atom is 0.341 e. The second kappa shape index (κ2) is 13.0. The van der Waals surface area contributed by atoms with Gasteiger partial charge in [0.2, 0.25) is 0 Å². The summed E-state index contributed by atoms with van der Waals surface area (Å²) in [5.74, 6) is -1.54. The fourth-order valence-corrected chi connectivity index (χ4v) is 5.66. The summed E-state index contributed by atoms with van der Waals surface area (Å²) in [6.45, 7) is 6.99. The highest BCUT2D eigenvalue weighted by atomic mass is 32.1. The third-order valence-electron chi connectivity index (χ3n) is 5.64. The molecule has 0 radical (unpaired) electrons. The van der Waals surface area contributed by atoms with Gasteiger partial charge in [-0.2, -0.15) is 0 Å². The van der Waals surface area contributed by atoms with Gasteiger partial charge in [-0.1, -0.05) is 12.8 Å². The molecule has 2 aromatic rings. The molecule has 200 valence electrons. The van der Waals surface area contributed by atoms with Crippen molar-refractivity contribution in [2.75, 3.05) is 17.7 Å². The van der Waals surface area contributed by atoms with Gasteiger partial charge >= 0.3 is 17.9 Å². The molecule has 0 amide bonds. The van der Waals surface area contributed by atoms with Crippen molar-refractivity contribution in [1.29, 1.82) is 0 Å². The van der Waals surface area contributed by atoms with Crippen LogP contribution in [0.15, 0.2) is 18.2 Å². The van der Waals surface area contributed by atoms with Crippen LogP contribution < -0.4 is 10.6 Å². The Morgan fingerprint density at radius 1 is 0.838 bits per heavy atom. The summed E-state index contributed by atoms with van der Waals surface area (Å²) in [5, 5.41) is 7.00. The number of rotatable bonds is 7. The number of aryl methyl sites for hydroxylation is 1. The molecule has 0 bridgehead atoms. The lowest BCUT2D eigenvalue weighted by atomic mass is 9.96. The second-order valence-electron chi connectivity index (χ2n) is 9.40. The molecule has 0 saturated carbocycles. The molecule has 1 aromatic carbocycles. The third kappa shape index (κ3) is 7.75. The van der Waals surface area contributed by atoms with E-state index in [0.717, 1.165) is 37.7 Å². The molecular formula is C27H34N2O6S2. The van der Waals surface area contributed by atoms with Crippen LogP contribution in [0.25, 0.3) is 0 Å². The van der Waals surface area contributed by atoms with Crippen molar-refractivity contribution in [3.05, 3.63) is 45.3 Å². The fraction of sp³-hybridized carbons (Fsp3) is 0.481. The fourth-order valence-electron chi connectivity index (χ4n) is 4.09. The van der Waals surface area contributed by atoms with Crippen molar-refractivity contribution in [3.8, 4) is 0 Å². The van der Waals surface area contributed by atoms with E-state index in [1.807, 2.05) is 0 Å². The van der Waals surface area contributed by atoms with Crippen LogP contribution in [0.4, 0.5) is 10.7 Å². The summed E-state index contributed by atoms with van der Waals surface area (Å²) < 4.78 is 15.7. The number of thiocarbonyl (C=S) groups is 1. The Morgan fingerprint density at radius 3 is 1.95 bits per heavy atom. The molecule has 1 aromatic heterocycles. The van der Waals surface area contributed by atoms with E-state index in [9.17, 15) is 14.4 Å². The van der Waals surface area contributed by atoms with Crippen molar-refractivity contribution < 1.29 is 28.6 Å². The average molecular weight is 547 g/mol. The van der Waals surface area contributed by atoms with Crippen molar-refractivity contribution in [2.45, 2.75) is 78.4 Å². The maximum atomic E-state index is 12.7. The van der Waals surface area contributed by atoms with Gasteiger partial charge in [0.05, 0.1) is 36.0 Å². The lowest BCUT2D eigenvalue weighted by Crippen LogP contribution is -2.21. The number of carbonyl (C=O) groups is 3. The highest BCUT2D eigenvalue weighted by Gasteiger charge is 2.25. The second-order valence-corrected chi connectivity index (χ2v) is 10.9. The lowest BCUT2D eigenvalue weighted by Gasteiger charge is -2.15. The van der Waals surface area contributed by atoms with Gasteiger partial charge in [0, 0.05) is 10.6 Å². The van der Waals surface area contributed by atoms with Crippen LogP contribution in [-0.4, -0.2) is 42.3 Å². The predicted octanol–water partition coefficient (Wildman–Crippen LogP) is 6.13. The van der Waals surface area contributed by atoms with E-state index in [1.54, 1.807) is 39.8 Å². The molecular weight excluding hydrogens is 512 g/mol. The number of nitrogens with one attached hydrogen (secondary N) is 2. The van der Waals surface area contributed by atoms with Crippen LogP contribution in [0.1, 0.15) is 94.9 Å². The first kappa shape index (κ1) is 28.6. The van der Waals surface area contributed by atoms with Crippen molar-refractivity contribution >= 4 is 57.3 Å². The minimum atomic E-state index is -0.567. The Morgan fingerprint density at radius 2 is 1.41 bits per heavy atom. The van der Waals surface area contributed by atoms with Gasteiger partial charge in [-0.05, 0) is 89.4 Å². The quantitative estimate of drug-likeness (QED) is 0.241. The molecule has 1 heterocycles. The number of anilines is 2. The number of hydrogen-bond acceptors (Lipinski definition) is 8. The molecule has 0 saturated heterocycles. The summed E-state index contributed by atoms with van der Waals surface area (Å²) in [6.07, 6.45) is 5.48. The minimum Gasteiger partial charge on any atom is -0.465 e. The van der Waals surface area contributed by atoms with Crippen molar-refractivity contribution in [2.24, 2.45) is 0 Å². The number of carbonyl (C=O) groups excluding carboxylic acids is 3. The Hall–Kier alpha value is -2.98. The van der Waals surface area contributed by atoms with Crippen LogP contribution in [0, 0.1) is 0 Å². The largest absolute Gasteiger partial charge is 0.465 e. The zero-order valence-electron chi connectivity index (χ0n) is 21.9. The van der Waals surface area contributed by atoms with Crippen LogP contribution in [0.3, 0.4) is 0 Å². The molecule has 37 heavy (non-hydrogen) atoms. The topological polar surface area (TPSA) is 103 Å². The number of ether oxygens (including phenoxy) is 3. The van der Waals surface area contributed by atoms with Crippen LogP contribution >= 0.6 is 23.6 Å². The zero-order chi connectivity index (χ0) is 27.1. The number of hydrogen-bond donors (Lipinski definition) is 2. The van der Waals surface area contributed by atoms with Gasteiger partial charge in [0.25, 0.3) is 0 Å². The number of fused-ring (bicyclic) bond motifs is 1. The normalized spacial score (nSPS) is 13.3. The molecule has 1 aliphatic carbocycles. The molecule has 0 spiro atoms. The van der Waals surface area contributed by atoms with E-state index in [-0.39, 0.29) is 28.4 Å². The van der Waals surface area contributed by atoms with E-state index in [4.69, 9.17) is 26.4 Å². The van der Waals surface area contributed by atoms with Crippen LogP contribution in [0.2, 0.25) is 0 Å². The monoisotopic (exact) mass is 546 g/mol. The molecule has 3 rings (SSSR count). The highest BCUT2D eigenvalue weighted by molar-refractivity contribution is 7.80. The summed E-state index contributed by atoms with van der Waals surface area (Å²) in [7, 11) is 1.37. The molecule has 10 heteroatoms. The standard InChI is InChI=1S/C27H34N2O6S2/c1-15(2)34-24(30)17-12-18(25(31)35-16(3)4)14-19(13-17)28-27(36)29-23-22(26(32)33-5)20-10-8-6-7-9-11-21(20)37-23/h12-16H,6-11H2,1-5H3,(H2,28,29,36). The first-order valence-electron chi connectivity index (χ1n) is 12.5. The molecule has 2 N–H and O–H groups in total. The molecule has 0 aliphatic heterocycles. The average Bonchev–Trinajstić information content (AvgIpc) is 3.12. The van der Waals surface area contributed by atoms with E-state index >= 15 is 0 Å². The molecule has 0 atom stereocenters. The summed E-state index contributed by atoms with van der Waals surface area (Å²) in [4.78, 5) is 39.1. The Labute approximate surface area is 227 Å². The van der Waals surface area contributed by atoms with Gasteiger partial charge in [-0.3, -0.25) is 0 Å². The first-order chi connectivity index (χ1) is 17.6. The van der Waals surface area contributed by atoms with E-state index in [2.05, 4.69) is 10.6 Å². The predicted molar refractivity (Wildman–Crippen MR) is 149 cm³/mol. The van der Waals surface area contributed by atoms with Gasteiger partial charge in [0.1, 0.15) is 5.00 Å². The number of esters is 3. The van der Waals surface area contributed by atoms with E-state index < -0.39 is 17.9 Å². The number of methoxy groups -OCH3 is 1. The minimum absolute atomic E-state index is 0.187. The molecule has 0 fully saturated rings. The van der Waals surface area contributed by atoms with Gasteiger partial charge < -0.3 is 24.8 Å². The number of benzene rings is 1. The maximum absolute atomic E-state index is 12.7. The summed E-state index contributed by atoms with van der Waals surface area (Å²) in [5.41, 5.74) is 2.32. The first-order valence-corrected chi connectivity index (χ1v) is 13.7. The van der Waals surface area contributed by atoms with Gasteiger partial charge in [-0.25, -0.2) is 14.4 Å². The van der Waals surface area contributed by atoms with E-state index in [1.165, 1.54) is 35.8 Å². The Kier molecular flexibility index (Phi) is 10.0. The molecule has 0 unspecified atom stereocenters. The zero-order valence-corrected chi connectivity index (χ0v) is 23.5. The smallest absolute Gasteiger partial charge is 0.341 e. The van der Waals surface area contributed by atoms with Gasteiger partial charge in [0.15, 0.2) is 5.11 Å². The van der Waals surface area contributed by atoms with Gasteiger partial charge in [-0.15, -0.1) is 11.3 Å². The van der Waals surface area contributed by atoms with Crippen LogP contribution in [-0.2, 0) is 27.1 Å². The highest BCUT2D eigenvalue weighted by Crippen LogP contribution is 2.37. The van der Waals surface area contributed by atoms with Crippen molar-refractivity contribution in [3.63, 3.8) is 0 Å². The SMILES string of the molecule is COC(=O)c1c(NC(=S)Nc2cc(C(=O)OC(C)C)cc(C(=O)OC(C)C)c2)sc2c1CCCCCC2. The number of thiophene rings is 1. The molecule has 1 aliphatic rings. The summed E-state index contributed by atoms with van der Waals surface area (Å²) in [6, 6.07) is 4.55. The Bertz CT molecular complexity index is 1130. The summed E-state index contributed by atoms with van der Waals surface area (Å²) >= 11 is 7.06. The van der Waals surface area contributed by atoms with Crippen molar-refractivity contribution in [1.82, 2.24) is 0 Å².